The number of aliphatic hydroxyl groups is 1. The summed E-state index contributed by atoms with van der Waals surface area (Å²) in [6.45, 7) is 4.54. The molecule has 6 nitrogen and oxygen atoms in total. The highest BCUT2D eigenvalue weighted by atomic mass is 16.5. The van der Waals surface area contributed by atoms with E-state index < -0.39 is 0 Å². The summed E-state index contributed by atoms with van der Waals surface area (Å²) in [7, 11) is 0. The van der Waals surface area contributed by atoms with Crippen molar-refractivity contribution in [2.45, 2.75) is 19.8 Å². The van der Waals surface area contributed by atoms with Crippen LogP contribution < -0.4 is 15.8 Å². The van der Waals surface area contributed by atoms with Gasteiger partial charge in [0.15, 0.2) is 0 Å². The summed E-state index contributed by atoms with van der Waals surface area (Å²) in [4.78, 5) is 8.50. The molecule has 2 aromatic carbocycles. The van der Waals surface area contributed by atoms with Gasteiger partial charge in [-0.2, -0.15) is 4.98 Å². The van der Waals surface area contributed by atoms with E-state index in [-0.39, 0.29) is 19.2 Å². The van der Waals surface area contributed by atoms with Crippen LogP contribution in [-0.4, -0.2) is 28.3 Å². The number of nitrogen functional groups attached to an aromatic ring is 1. The fraction of sp³-hybridized carbons (Fsp3) is 0.238. The minimum absolute atomic E-state index is 0.0333. The van der Waals surface area contributed by atoms with Gasteiger partial charge in [-0.15, -0.1) is 0 Å². The number of anilines is 3. The van der Waals surface area contributed by atoms with Crippen LogP contribution in [0.5, 0.6) is 5.75 Å². The van der Waals surface area contributed by atoms with Crippen LogP contribution in [-0.2, 0) is 0 Å². The second-order valence-corrected chi connectivity index (χ2v) is 6.49. The lowest BCUT2D eigenvalue weighted by atomic mass is 10.0. The molecule has 1 aromatic heterocycles. The van der Waals surface area contributed by atoms with Crippen molar-refractivity contribution in [3.8, 4) is 16.9 Å². The molecule has 3 aromatic rings. The zero-order chi connectivity index (χ0) is 19.2. The summed E-state index contributed by atoms with van der Waals surface area (Å²) in [5.74, 6) is 1.98. The topological polar surface area (TPSA) is 93.3 Å². The fourth-order valence-electron chi connectivity index (χ4n) is 2.71. The van der Waals surface area contributed by atoms with Crippen molar-refractivity contribution in [3.05, 3.63) is 60.3 Å². The molecule has 27 heavy (non-hydrogen) atoms. The Morgan fingerprint density at radius 3 is 2.63 bits per heavy atom. The van der Waals surface area contributed by atoms with Crippen LogP contribution in [0.15, 0.2) is 54.7 Å². The molecule has 0 aliphatic carbocycles. The molecule has 0 amide bonds. The summed E-state index contributed by atoms with van der Waals surface area (Å²) >= 11 is 0. The Morgan fingerprint density at radius 2 is 1.93 bits per heavy atom. The zero-order valence-electron chi connectivity index (χ0n) is 15.5. The number of hydrogen-bond donors (Lipinski definition) is 3. The van der Waals surface area contributed by atoms with E-state index in [4.69, 9.17) is 15.6 Å². The molecule has 0 bridgehead atoms. The quantitative estimate of drug-likeness (QED) is 0.587. The van der Waals surface area contributed by atoms with Crippen LogP contribution in [0.4, 0.5) is 17.5 Å². The third-order valence-corrected chi connectivity index (χ3v) is 4.15. The molecule has 4 N–H and O–H groups in total. The lowest BCUT2D eigenvalue weighted by Crippen LogP contribution is -2.03. The third kappa shape index (κ3) is 4.74. The highest BCUT2D eigenvalue weighted by molar-refractivity contribution is 5.79. The van der Waals surface area contributed by atoms with Crippen molar-refractivity contribution < 1.29 is 9.84 Å². The molecule has 0 aliphatic rings. The van der Waals surface area contributed by atoms with Gasteiger partial charge in [0, 0.05) is 17.4 Å². The van der Waals surface area contributed by atoms with Gasteiger partial charge in [0.05, 0.1) is 6.61 Å². The number of ether oxygens (including phenoxy) is 1. The van der Waals surface area contributed by atoms with Crippen LogP contribution >= 0.6 is 0 Å². The second kappa shape index (κ2) is 8.51. The maximum atomic E-state index is 8.94. The summed E-state index contributed by atoms with van der Waals surface area (Å²) in [6.07, 6.45) is 1.69. The summed E-state index contributed by atoms with van der Waals surface area (Å²) in [6, 6.07) is 15.8. The highest BCUT2D eigenvalue weighted by Crippen LogP contribution is 2.31. The monoisotopic (exact) mass is 364 g/mol. The van der Waals surface area contributed by atoms with E-state index in [1.54, 1.807) is 6.20 Å². The van der Waals surface area contributed by atoms with Gasteiger partial charge in [0.2, 0.25) is 5.95 Å². The molecule has 0 fully saturated rings. The molecule has 0 atom stereocenters. The van der Waals surface area contributed by atoms with Crippen LogP contribution in [0.3, 0.4) is 0 Å². The van der Waals surface area contributed by atoms with Crippen molar-refractivity contribution in [1.29, 1.82) is 0 Å². The maximum Gasteiger partial charge on any atom is 0.221 e. The first-order valence-electron chi connectivity index (χ1n) is 8.90. The van der Waals surface area contributed by atoms with Crippen molar-refractivity contribution in [3.63, 3.8) is 0 Å². The average Bonchev–Trinajstić information content (AvgIpc) is 2.67. The number of nitrogens with one attached hydrogen (secondary N) is 1. The van der Waals surface area contributed by atoms with Crippen LogP contribution in [0.1, 0.15) is 25.3 Å². The standard InChI is InChI=1S/C21H24N4O2/c1-14(2)15-6-8-17(9-7-15)24-20-19(13-23-21(22)25-20)16-4-3-5-18(12-16)27-11-10-26/h3-9,12-14,26H,10-11H2,1-2H3,(H3,22,23,24,25). The van der Waals surface area contributed by atoms with E-state index in [0.717, 1.165) is 16.8 Å². The van der Waals surface area contributed by atoms with Crippen molar-refractivity contribution in [2.24, 2.45) is 0 Å². The molecule has 0 aliphatic heterocycles. The Labute approximate surface area is 159 Å². The number of aliphatic hydroxyl groups excluding tert-OH is 1. The molecule has 140 valence electrons. The minimum Gasteiger partial charge on any atom is -0.491 e. The van der Waals surface area contributed by atoms with Gasteiger partial charge in [0.1, 0.15) is 18.2 Å². The first-order chi connectivity index (χ1) is 13.1. The largest absolute Gasteiger partial charge is 0.491 e. The number of nitrogens with two attached hydrogens (primary N) is 1. The fourth-order valence-corrected chi connectivity index (χ4v) is 2.71. The number of hydrogen-bond acceptors (Lipinski definition) is 6. The molecule has 0 saturated carbocycles. The summed E-state index contributed by atoms with van der Waals surface area (Å²) in [5, 5.41) is 12.3. The Bertz CT molecular complexity index is 895. The molecular formula is C21H24N4O2. The minimum atomic E-state index is -0.0333. The third-order valence-electron chi connectivity index (χ3n) is 4.15. The predicted molar refractivity (Wildman–Crippen MR) is 108 cm³/mol. The Balaban J connectivity index is 1.91. The zero-order valence-corrected chi connectivity index (χ0v) is 15.5. The molecule has 6 heteroatoms. The lowest BCUT2D eigenvalue weighted by molar-refractivity contribution is 0.201. The summed E-state index contributed by atoms with van der Waals surface area (Å²) in [5.41, 5.74) is 9.71. The number of benzene rings is 2. The Hall–Kier alpha value is -3.12. The highest BCUT2D eigenvalue weighted by Gasteiger charge is 2.10. The van der Waals surface area contributed by atoms with E-state index in [1.165, 1.54) is 5.56 Å². The van der Waals surface area contributed by atoms with Gasteiger partial charge in [-0.25, -0.2) is 4.98 Å². The van der Waals surface area contributed by atoms with E-state index in [1.807, 2.05) is 36.4 Å². The first-order valence-corrected chi connectivity index (χ1v) is 8.90. The normalized spacial score (nSPS) is 10.8. The number of rotatable bonds is 7. The average molecular weight is 364 g/mol. The summed E-state index contributed by atoms with van der Waals surface area (Å²) < 4.78 is 5.50. The van der Waals surface area contributed by atoms with Gasteiger partial charge >= 0.3 is 0 Å². The number of aromatic nitrogens is 2. The van der Waals surface area contributed by atoms with Crippen LogP contribution in [0, 0.1) is 0 Å². The van der Waals surface area contributed by atoms with Gasteiger partial charge in [-0.1, -0.05) is 38.1 Å². The lowest BCUT2D eigenvalue weighted by Gasteiger charge is -2.13. The van der Waals surface area contributed by atoms with Gasteiger partial charge in [-0.05, 0) is 41.3 Å². The molecular weight excluding hydrogens is 340 g/mol. The predicted octanol–water partition coefficient (Wildman–Crippen LogP) is 3.96. The van der Waals surface area contributed by atoms with Crippen molar-refractivity contribution in [2.75, 3.05) is 24.3 Å². The van der Waals surface area contributed by atoms with Gasteiger partial charge in [0.25, 0.3) is 0 Å². The van der Waals surface area contributed by atoms with Crippen LogP contribution in [0.25, 0.3) is 11.1 Å². The SMILES string of the molecule is CC(C)c1ccc(Nc2nc(N)ncc2-c2cccc(OCCO)c2)cc1. The van der Waals surface area contributed by atoms with E-state index in [0.29, 0.717) is 17.5 Å². The maximum absolute atomic E-state index is 8.94. The molecule has 0 radical (unpaired) electrons. The van der Waals surface area contributed by atoms with Crippen molar-refractivity contribution >= 4 is 17.5 Å². The van der Waals surface area contributed by atoms with Gasteiger partial charge in [-0.3, -0.25) is 0 Å². The van der Waals surface area contributed by atoms with E-state index in [2.05, 4.69) is 41.3 Å². The first kappa shape index (κ1) is 18.7. The Morgan fingerprint density at radius 1 is 1.15 bits per heavy atom. The van der Waals surface area contributed by atoms with Crippen molar-refractivity contribution in [1.82, 2.24) is 9.97 Å². The Kier molecular flexibility index (Phi) is 5.88. The van der Waals surface area contributed by atoms with E-state index in [9.17, 15) is 0 Å². The molecule has 1 heterocycles. The van der Waals surface area contributed by atoms with E-state index >= 15 is 0 Å². The number of nitrogens with zero attached hydrogens (tertiary/aromatic N) is 2. The molecule has 0 unspecified atom stereocenters. The van der Waals surface area contributed by atoms with Gasteiger partial charge < -0.3 is 20.9 Å². The molecule has 0 saturated heterocycles. The second-order valence-electron chi connectivity index (χ2n) is 6.49. The van der Waals surface area contributed by atoms with Crippen LogP contribution in [0.2, 0.25) is 0 Å². The molecule has 0 spiro atoms. The smallest absolute Gasteiger partial charge is 0.221 e. The molecule has 3 rings (SSSR count).